The largest absolute Gasteiger partial charge is 0.508 e. The number of hydrogen-bond donors (Lipinski definition) is 1. The summed E-state index contributed by atoms with van der Waals surface area (Å²) in [4.78, 5) is 3.89. The van der Waals surface area contributed by atoms with Crippen LogP contribution < -0.4 is 4.74 Å². The predicted octanol–water partition coefficient (Wildman–Crippen LogP) is 1.46. The van der Waals surface area contributed by atoms with Gasteiger partial charge in [0.15, 0.2) is 0 Å². The van der Waals surface area contributed by atoms with Gasteiger partial charge in [-0.05, 0) is 31.2 Å². The van der Waals surface area contributed by atoms with Crippen LogP contribution in [0.2, 0.25) is 0 Å². The lowest BCUT2D eigenvalue weighted by Gasteiger charge is -2.04. The van der Waals surface area contributed by atoms with Gasteiger partial charge in [-0.3, -0.25) is 0 Å². The number of sulfone groups is 1. The van der Waals surface area contributed by atoms with E-state index in [1.165, 1.54) is 19.1 Å². The molecule has 0 radical (unpaired) electrons. The van der Waals surface area contributed by atoms with E-state index in [2.05, 4.69) is 4.99 Å². The van der Waals surface area contributed by atoms with E-state index in [-0.39, 0.29) is 17.4 Å². The Morgan fingerprint density at radius 3 is 2.47 bits per heavy atom. The summed E-state index contributed by atoms with van der Waals surface area (Å²) in [6, 6.07) is 6.17. The van der Waals surface area contributed by atoms with Crippen molar-refractivity contribution < 1.29 is 18.3 Å². The molecule has 0 unspecified atom stereocenters. The standard InChI is InChI=1S/C11H11NO4S/c1-8-12-9(7-17(8,14)15)6-16-11-4-2-10(13)3-5-11/h2-5,7,13H,6H2,1H3. The number of benzene rings is 1. The van der Waals surface area contributed by atoms with Crippen molar-refractivity contribution >= 4 is 14.9 Å². The Morgan fingerprint density at radius 2 is 1.94 bits per heavy atom. The summed E-state index contributed by atoms with van der Waals surface area (Å²) in [5, 5.41) is 10.3. The summed E-state index contributed by atoms with van der Waals surface area (Å²) in [6.07, 6.45) is 0. The Morgan fingerprint density at radius 1 is 1.29 bits per heavy atom. The molecule has 0 atom stereocenters. The van der Waals surface area contributed by atoms with E-state index in [0.717, 1.165) is 5.41 Å². The van der Waals surface area contributed by atoms with Crippen LogP contribution in [0.3, 0.4) is 0 Å². The molecule has 6 heteroatoms. The van der Waals surface area contributed by atoms with Crippen LogP contribution in [0, 0.1) is 0 Å². The Balaban J connectivity index is 2.03. The van der Waals surface area contributed by atoms with Gasteiger partial charge in [-0.15, -0.1) is 0 Å². The number of aromatic hydroxyl groups is 1. The monoisotopic (exact) mass is 253 g/mol. The van der Waals surface area contributed by atoms with E-state index in [0.29, 0.717) is 11.4 Å². The molecule has 5 nitrogen and oxygen atoms in total. The third-order valence-corrected chi connectivity index (χ3v) is 3.72. The predicted molar refractivity (Wildman–Crippen MR) is 63.7 cm³/mol. The van der Waals surface area contributed by atoms with Crippen molar-refractivity contribution in [2.24, 2.45) is 4.99 Å². The van der Waals surface area contributed by atoms with E-state index >= 15 is 0 Å². The van der Waals surface area contributed by atoms with Gasteiger partial charge in [0.05, 0.1) is 11.1 Å². The molecule has 0 aromatic heterocycles. The van der Waals surface area contributed by atoms with Gasteiger partial charge in [0.2, 0.25) is 9.84 Å². The molecule has 1 aliphatic heterocycles. The number of rotatable bonds is 3. The minimum Gasteiger partial charge on any atom is -0.508 e. The summed E-state index contributed by atoms with van der Waals surface area (Å²) in [5.74, 6) is 0.690. The third kappa shape index (κ3) is 2.65. The van der Waals surface area contributed by atoms with Gasteiger partial charge in [0, 0.05) is 0 Å². The van der Waals surface area contributed by atoms with Crippen LogP contribution in [0.25, 0.3) is 0 Å². The smallest absolute Gasteiger partial charge is 0.214 e. The van der Waals surface area contributed by atoms with Gasteiger partial charge in [-0.1, -0.05) is 0 Å². The minimum absolute atomic E-state index is 0.0847. The highest BCUT2D eigenvalue weighted by atomic mass is 32.2. The molecule has 1 aromatic carbocycles. The molecule has 0 saturated heterocycles. The maximum atomic E-state index is 11.3. The van der Waals surface area contributed by atoms with Crippen LogP contribution in [-0.4, -0.2) is 25.2 Å². The molecule has 0 fully saturated rings. The quantitative estimate of drug-likeness (QED) is 0.884. The summed E-state index contributed by atoms with van der Waals surface area (Å²) in [5.41, 5.74) is 0.371. The zero-order valence-electron chi connectivity index (χ0n) is 9.12. The van der Waals surface area contributed by atoms with Crippen LogP contribution >= 0.6 is 0 Å². The molecule has 1 aromatic rings. The topological polar surface area (TPSA) is 76.0 Å². The lowest BCUT2D eigenvalue weighted by atomic mass is 10.3. The number of nitrogens with zero attached hydrogens (tertiary/aromatic N) is 1. The highest BCUT2D eigenvalue weighted by molar-refractivity contribution is 8.09. The molecule has 0 saturated carbocycles. The molecular weight excluding hydrogens is 242 g/mol. The summed E-state index contributed by atoms with van der Waals surface area (Å²) < 4.78 is 28.0. The van der Waals surface area contributed by atoms with Crippen molar-refractivity contribution in [3.05, 3.63) is 35.4 Å². The lowest BCUT2D eigenvalue weighted by Crippen LogP contribution is -2.01. The summed E-state index contributed by atoms with van der Waals surface area (Å²) in [7, 11) is -3.32. The van der Waals surface area contributed by atoms with Crippen LogP contribution in [0.15, 0.2) is 40.4 Å². The lowest BCUT2D eigenvalue weighted by molar-refractivity contribution is 0.350. The average molecular weight is 253 g/mol. The molecule has 1 heterocycles. The van der Waals surface area contributed by atoms with E-state index in [1.807, 2.05) is 0 Å². The normalized spacial score (nSPS) is 17.5. The third-order valence-electron chi connectivity index (χ3n) is 2.23. The number of phenols is 1. The molecule has 2 rings (SSSR count). The van der Waals surface area contributed by atoms with Gasteiger partial charge in [-0.25, -0.2) is 13.4 Å². The second-order valence-corrected chi connectivity index (χ2v) is 5.48. The SMILES string of the molecule is CC1=NC(COc2ccc(O)cc2)=CS1(=O)=O. The summed E-state index contributed by atoms with van der Waals surface area (Å²) in [6.45, 7) is 1.53. The molecule has 0 aliphatic carbocycles. The van der Waals surface area contributed by atoms with Crippen molar-refractivity contribution in [2.45, 2.75) is 6.92 Å². The first-order valence-corrected chi connectivity index (χ1v) is 6.45. The van der Waals surface area contributed by atoms with E-state index in [1.54, 1.807) is 12.1 Å². The Labute approximate surface area is 99.0 Å². The minimum atomic E-state index is -3.32. The van der Waals surface area contributed by atoms with Gasteiger partial charge in [0.1, 0.15) is 23.1 Å². The number of hydrogen-bond acceptors (Lipinski definition) is 5. The highest BCUT2D eigenvalue weighted by Crippen LogP contribution is 2.19. The number of ether oxygens (including phenoxy) is 1. The fourth-order valence-electron chi connectivity index (χ4n) is 1.32. The fraction of sp³-hybridized carbons (Fsp3) is 0.182. The maximum absolute atomic E-state index is 11.3. The number of aliphatic imine (C=N–C) groups is 1. The first kappa shape index (κ1) is 11.7. The Kier molecular flexibility index (Phi) is 2.89. The Bertz CT molecular complexity index is 584. The van der Waals surface area contributed by atoms with Crippen molar-refractivity contribution in [1.29, 1.82) is 0 Å². The second kappa shape index (κ2) is 4.21. The van der Waals surface area contributed by atoms with Gasteiger partial charge < -0.3 is 9.84 Å². The van der Waals surface area contributed by atoms with Crippen molar-refractivity contribution in [2.75, 3.05) is 6.61 Å². The first-order valence-electron chi connectivity index (χ1n) is 4.90. The maximum Gasteiger partial charge on any atom is 0.214 e. The molecule has 1 aliphatic rings. The molecule has 90 valence electrons. The molecule has 0 amide bonds. The molecule has 0 spiro atoms. The van der Waals surface area contributed by atoms with E-state index < -0.39 is 9.84 Å². The van der Waals surface area contributed by atoms with Crippen molar-refractivity contribution in [1.82, 2.24) is 0 Å². The van der Waals surface area contributed by atoms with Crippen molar-refractivity contribution in [3.63, 3.8) is 0 Å². The molecule has 17 heavy (non-hydrogen) atoms. The van der Waals surface area contributed by atoms with Gasteiger partial charge in [-0.2, -0.15) is 0 Å². The second-order valence-electron chi connectivity index (χ2n) is 3.57. The van der Waals surface area contributed by atoms with Gasteiger partial charge in [0.25, 0.3) is 0 Å². The van der Waals surface area contributed by atoms with Gasteiger partial charge >= 0.3 is 0 Å². The van der Waals surface area contributed by atoms with Crippen LogP contribution in [-0.2, 0) is 9.84 Å². The van der Waals surface area contributed by atoms with Crippen molar-refractivity contribution in [3.8, 4) is 11.5 Å². The summed E-state index contributed by atoms with van der Waals surface area (Å²) >= 11 is 0. The van der Waals surface area contributed by atoms with Crippen LogP contribution in [0.1, 0.15) is 6.92 Å². The molecule has 1 N–H and O–H groups in total. The van der Waals surface area contributed by atoms with Crippen LogP contribution in [0.4, 0.5) is 0 Å². The number of phenolic OH excluding ortho intramolecular Hbond substituents is 1. The zero-order chi connectivity index (χ0) is 12.5. The van der Waals surface area contributed by atoms with E-state index in [9.17, 15) is 8.42 Å². The zero-order valence-corrected chi connectivity index (χ0v) is 9.94. The molecule has 0 bridgehead atoms. The van der Waals surface area contributed by atoms with E-state index in [4.69, 9.17) is 9.84 Å². The highest BCUT2D eigenvalue weighted by Gasteiger charge is 2.20. The Hall–Kier alpha value is -1.82. The first-order chi connectivity index (χ1) is 7.97. The fourth-order valence-corrected chi connectivity index (χ4v) is 2.22. The average Bonchev–Trinajstić information content (AvgIpc) is 2.52. The van der Waals surface area contributed by atoms with Crippen LogP contribution in [0.5, 0.6) is 11.5 Å². The molecular formula is C11H11NO4S.